The van der Waals surface area contributed by atoms with Crippen molar-refractivity contribution in [1.82, 2.24) is 10.2 Å². The summed E-state index contributed by atoms with van der Waals surface area (Å²) in [6.45, 7) is 2.16. The third kappa shape index (κ3) is 3.01. The minimum absolute atomic E-state index is 0.0197. The molecule has 4 rings (SSSR count). The van der Waals surface area contributed by atoms with Crippen molar-refractivity contribution in [2.45, 2.75) is 19.4 Å². The highest BCUT2D eigenvalue weighted by Gasteiger charge is 2.34. The molecule has 0 radical (unpaired) electrons. The van der Waals surface area contributed by atoms with Gasteiger partial charge in [-0.1, -0.05) is 36.4 Å². The van der Waals surface area contributed by atoms with Crippen LogP contribution in [0.3, 0.4) is 0 Å². The summed E-state index contributed by atoms with van der Waals surface area (Å²) >= 11 is 0. The number of aromatic amines is 1. The monoisotopic (exact) mass is 374 g/mol. The molecule has 0 saturated carbocycles. The van der Waals surface area contributed by atoms with Gasteiger partial charge in [0.2, 0.25) is 11.8 Å². The van der Waals surface area contributed by atoms with E-state index in [9.17, 15) is 10.4 Å². The van der Waals surface area contributed by atoms with Gasteiger partial charge in [0.25, 0.3) is 0 Å². The fourth-order valence-electron chi connectivity index (χ4n) is 3.29. The van der Waals surface area contributed by atoms with E-state index in [1.807, 2.05) is 37.3 Å². The van der Waals surface area contributed by atoms with E-state index in [1.54, 1.807) is 18.2 Å². The quantitative estimate of drug-likeness (QED) is 0.645. The Balaban J connectivity index is 1.73. The topological polar surface area (TPSA) is 117 Å². The molecule has 4 N–H and O–H groups in total. The maximum Gasteiger partial charge on any atom is 0.244 e. The normalized spacial score (nSPS) is 15.5. The van der Waals surface area contributed by atoms with Gasteiger partial charge < -0.3 is 20.3 Å². The van der Waals surface area contributed by atoms with E-state index in [4.69, 9.17) is 15.2 Å². The third-order valence-electron chi connectivity index (χ3n) is 4.68. The van der Waals surface area contributed by atoms with Gasteiger partial charge in [-0.15, -0.1) is 5.10 Å². The molecule has 0 aliphatic carbocycles. The summed E-state index contributed by atoms with van der Waals surface area (Å²) in [6, 6.07) is 16.8. The van der Waals surface area contributed by atoms with E-state index >= 15 is 0 Å². The lowest BCUT2D eigenvalue weighted by Gasteiger charge is -2.24. The first kappa shape index (κ1) is 17.5. The molecule has 7 heteroatoms. The van der Waals surface area contributed by atoms with Crippen LogP contribution in [0.15, 0.2) is 60.0 Å². The number of phenols is 1. The molecule has 2 aromatic carbocycles. The molecule has 2 heterocycles. The molecule has 0 saturated heterocycles. The van der Waals surface area contributed by atoms with E-state index < -0.39 is 5.92 Å². The zero-order valence-corrected chi connectivity index (χ0v) is 15.1. The molecule has 1 aliphatic heterocycles. The van der Waals surface area contributed by atoms with Crippen molar-refractivity contribution in [1.29, 1.82) is 5.26 Å². The molecule has 0 amide bonds. The van der Waals surface area contributed by atoms with Crippen molar-refractivity contribution >= 4 is 0 Å². The second-order valence-electron chi connectivity index (χ2n) is 6.49. The Morgan fingerprint density at radius 1 is 1.29 bits per heavy atom. The Morgan fingerprint density at radius 3 is 2.82 bits per heavy atom. The molecule has 0 bridgehead atoms. The first-order chi connectivity index (χ1) is 13.6. The zero-order valence-electron chi connectivity index (χ0n) is 15.1. The van der Waals surface area contributed by atoms with Gasteiger partial charge in [0.1, 0.15) is 18.2 Å². The van der Waals surface area contributed by atoms with Gasteiger partial charge in [0, 0.05) is 11.3 Å². The summed E-state index contributed by atoms with van der Waals surface area (Å²) in [4.78, 5) is 0. The highest BCUT2D eigenvalue weighted by Crippen LogP contribution is 2.44. The Kier molecular flexibility index (Phi) is 4.38. The van der Waals surface area contributed by atoms with E-state index in [1.165, 1.54) is 0 Å². The molecular formula is C21H18N4O3. The van der Waals surface area contributed by atoms with E-state index in [-0.39, 0.29) is 17.2 Å². The maximum atomic E-state index is 10.2. The fraction of sp³-hybridized carbons (Fsp3) is 0.143. The van der Waals surface area contributed by atoms with Crippen molar-refractivity contribution in [3.8, 4) is 23.4 Å². The number of aryl methyl sites for hydroxylation is 1. The van der Waals surface area contributed by atoms with E-state index in [0.29, 0.717) is 18.2 Å². The van der Waals surface area contributed by atoms with Crippen LogP contribution >= 0.6 is 0 Å². The number of H-pyrrole nitrogens is 1. The average molecular weight is 374 g/mol. The lowest BCUT2D eigenvalue weighted by atomic mass is 9.84. The van der Waals surface area contributed by atoms with E-state index in [0.717, 1.165) is 22.4 Å². The van der Waals surface area contributed by atoms with E-state index in [2.05, 4.69) is 16.3 Å². The number of nitriles is 1. The molecular weight excluding hydrogens is 356 g/mol. The molecule has 1 aliphatic rings. The summed E-state index contributed by atoms with van der Waals surface area (Å²) in [6.07, 6.45) is 0. The van der Waals surface area contributed by atoms with Crippen LogP contribution in [0.4, 0.5) is 0 Å². The number of allylic oxidation sites excluding steroid dienone is 1. The lowest BCUT2D eigenvalue weighted by Crippen LogP contribution is -2.21. The molecule has 28 heavy (non-hydrogen) atoms. The summed E-state index contributed by atoms with van der Waals surface area (Å²) in [5.74, 6) is 0.245. The minimum atomic E-state index is -0.466. The van der Waals surface area contributed by atoms with Gasteiger partial charge in [0.15, 0.2) is 11.5 Å². The highest BCUT2D eigenvalue weighted by molar-refractivity contribution is 5.57. The van der Waals surface area contributed by atoms with Crippen molar-refractivity contribution in [2.75, 3.05) is 0 Å². The van der Waals surface area contributed by atoms with Crippen LogP contribution in [0.2, 0.25) is 0 Å². The fourth-order valence-corrected chi connectivity index (χ4v) is 3.29. The second-order valence-corrected chi connectivity index (χ2v) is 6.49. The molecule has 1 atom stereocenters. The van der Waals surface area contributed by atoms with Crippen LogP contribution < -0.4 is 15.2 Å². The maximum absolute atomic E-state index is 10.2. The van der Waals surface area contributed by atoms with Crippen LogP contribution in [-0.2, 0) is 6.61 Å². The van der Waals surface area contributed by atoms with Crippen molar-refractivity contribution in [3.63, 3.8) is 0 Å². The van der Waals surface area contributed by atoms with Crippen LogP contribution in [0.5, 0.6) is 17.4 Å². The van der Waals surface area contributed by atoms with Gasteiger partial charge >= 0.3 is 0 Å². The van der Waals surface area contributed by atoms with Crippen molar-refractivity contribution < 1.29 is 14.6 Å². The number of benzene rings is 2. The molecule has 3 aromatic rings. The number of rotatable bonds is 4. The third-order valence-corrected chi connectivity index (χ3v) is 4.68. The highest BCUT2D eigenvalue weighted by atomic mass is 16.5. The number of hydrogen-bond acceptors (Lipinski definition) is 6. The largest absolute Gasteiger partial charge is 0.504 e. The van der Waals surface area contributed by atoms with Crippen molar-refractivity contribution in [2.24, 2.45) is 5.73 Å². The molecule has 0 fully saturated rings. The predicted octanol–water partition coefficient (Wildman–Crippen LogP) is 3.22. The smallest absolute Gasteiger partial charge is 0.244 e. The number of ether oxygens (including phenoxy) is 2. The molecule has 1 aromatic heterocycles. The second kappa shape index (κ2) is 7.00. The van der Waals surface area contributed by atoms with Crippen LogP contribution in [0, 0.1) is 18.3 Å². The summed E-state index contributed by atoms with van der Waals surface area (Å²) in [5, 5.41) is 26.9. The van der Waals surface area contributed by atoms with Gasteiger partial charge in [-0.3, -0.25) is 5.10 Å². The average Bonchev–Trinajstić information content (AvgIpc) is 3.07. The number of nitrogens with two attached hydrogens (primary N) is 1. The summed E-state index contributed by atoms with van der Waals surface area (Å²) < 4.78 is 11.3. The Bertz CT molecular complexity index is 1100. The molecule has 0 spiro atoms. The number of aromatic nitrogens is 2. The van der Waals surface area contributed by atoms with Crippen LogP contribution in [0.1, 0.15) is 28.3 Å². The zero-order chi connectivity index (χ0) is 19.7. The number of nitrogens with one attached hydrogen (secondary N) is 1. The van der Waals surface area contributed by atoms with Gasteiger partial charge in [-0.2, -0.15) is 5.26 Å². The summed E-state index contributed by atoms with van der Waals surface area (Å²) in [5.41, 5.74) is 9.48. The van der Waals surface area contributed by atoms with Gasteiger partial charge in [0.05, 0.1) is 5.92 Å². The van der Waals surface area contributed by atoms with Gasteiger partial charge in [-0.05, 0) is 30.2 Å². The lowest BCUT2D eigenvalue weighted by molar-refractivity contribution is 0.288. The summed E-state index contributed by atoms with van der Waals surface area (Å²) in [7, 11) is 0. The van der Waals surface area contributed by atoms with Crippen LogP contribution in [-0.4, -0.2) is 15.3 Å². The molecule has 7 nitrogen and oxygen atoms in total. The number of nitrogens with zero attached hydrogens (tertiary/aromatic N) is 2. The Hall–Kier alpha value is -3.92. The van der Waals surface area contributed by atoms with Crippen molar-refractivity contribution in [3.05, 3.63) is 82.4 Å². The Labute approximate surface area is 161 Å². The first-order valence-electron chi connectivity index (χ1n) is 8.70. The number of fused-ring (bicyclic) bond motifs is 1. The number of hydrogen-bond donors (Lipinski definition) is 3. The molecule has 1 unspecified atom stereocenters. The first-order valence-corrected chi connectivity index (χ1v) is 8.70. The Morgan fingerprint density at radius 2 is 2.07 bits per heavy atom. The molecule has 140 valence electrons. The van der Waals surface area contributed by atoms with Gasteiger partial charge in [-0.25, -0.2) is 0 Å². The minimum Gasteiger partial charge on any atom is -0.504 e. The van der Waals surface area contributed by atoms with Crippen LogP contribution in [0.25, 0.3) is 0 Å². The number of aromatic hydroxyl groups is 1. The number of phenolic OH excluding ortho intramolecular Hbond substituents is 1. The SMILES string of the molecule is Cc1[nH]nc2c1C(c1ccc(O)c(OCc3ccccc3)c1)C(C#N)=C(N)O2. The standard InChI is InChI=1S/C21H18N4O3/c1-12-18-19(15(10-22)20(23)28-21(18)25-24-12)14-7-8-16(26)17(9-14)27-11-13-5-3-2-4-6-13/h2-9,19,26H,11,23H2,1H3,(H,24,25). The predicted molar refractivity (Wildman–Crippen MR) is 102 cm³/mol.